The molecular weight excluding hydrogens is 362 g/mol. The second-order valence-electron chi connectivity index (χ2n) is 7.89. The fraction of sp³-hybridized carbons (Fsp3) is 0.375. The Hall–Kier alpha value is -2.63. The summed E-state index contributed by atoms with van der Waals surface area (Å²) < 4.78 is 5.94. The fourth-order valence-electron chi connectivity index (χ4n) is 4.10. The number of pyridine rings is 1. The van der Waals surface area contributed by atoms with Crippen LogP contribution in [0.25, 0.3) is 10.9 Å². The van der Waals surface area contributed by atoms with Crippen LogP contribution in [0.3, 0.4) is 0 Å². The molecule has 1 atom stereocenters. The number of nitrogens with one attached hydrogen (secondary N) is 2. The first kappa shape index (κ1) is 19.7. The van der Waals surface area contributed by atoms with E-state index in [-0.39, 0.29) is 5.56 Å². The minimum Gasteiger partial charge on any atom is -0.494 e. The van der Waals surface area contributed by atoms with E-state index in [9.17, 15) is 4.79 Å². The van der Waals surface area contributed by atoms with Gasteiger partial charge >= 0.3 is 0 Å². The Bertz CT molecular complexity index is 1000. The van der Waals surface area contributed by atoms with Crippen LogP contribution in [0.4, 0.5) is 0 Å². The molecule has 152 valence electrons. The van der Waals surface area contributed by atoms with Crippen molar-refractivity contribution in [2.45, 2.75) is 32.4 Å². The van der Waals surface area contributed by atoms with E-state index in [1.54, 1.807) is 6.07 Å². The van der Waals surface area contributed by atoms with Crippen LogP contribution in [-0.2, 0) is 6.54 Å². The van der Waals surface area contributed by atoms with Gasteiger partial charge in [0.05, 0.1) is 12.1 Å². The Morgan fingerprint density at radius 2 is 2.00 bits per heavy atom. The molecule has 2 aromatic carbocycles. The number of aromatic nitrogens is 1. The highest BCUT2D eigenvalue weighted by atomic mass is 16.5. The molecule has 29 heavy (non-hydrogen) atoms. The lowest BCUT2D eigenvalue weighted by atomic mass is 10.1. The molecule has 1 saturated heterocycles. The van der Waals surface area contributed by atoms with Gasteiger partial charge in [0.15, 0.2) is 0 Å². The van der Waals surface area contributed by atoms with Gasteiger partial charge in [-0.1, -0.05) is 30.3 Å². The van der Waals surface area contributed by atoms with Gasteiger partial charge in [-0.25, -0.2) is 0 Å². The third-order valence-corrected chi connectivity index (χ3v) is 5.58. The Morgan fingerprint density at radius 1 is 1.14 bits per heavy atom. The van der Waals surface area contributed by atoms with E-state index in [4.69, 9.17) is 4.74 Å². The Morgan fingerprint density at radius 3 is 2.86 bits per heavy atom. The van der Waals surface area contributed by atoms with Gasteiger partial charge in [0, 0.05) is 49.7 Å². The van der Waals surface area contributed by atoms with Crippen molar-refractivity contribution in [1.82, 2.24) is 15.2 Å². The maximum Gasteiger partial charge on any atom is 0.248 e. The third-order valence-electron chi connectivity index (χ3n) is 5.58. The van der Waals surface area contributed by atoms with Crippen molar-refractivity contribution in [1.29, 1.82) is 0 Å². The Kier molecular flexibility index (Phi) is 6.27. The first-order valence-corrected chi connectivity index (χ1v) is 10.4. The van der Waals surface area contributed by atoms with Gasteiger partial charge in [-0.15, -0.1) is 0 Å². The summed E-state index contributed by atoms with van der Waals surface area (Å²) in [6, 6.07) is 18.7. The number of aryl methyl sites for hydroxylation is 1. The van der Waals surface area contributed by atoms with Gasteiger partial charge in [-0.3, -0.25) is 9.69 Å². The number of hydrogen-bond donors (Lipinski definition) is 2. The van der Waals surface area contributed by atoms with Crippen LogP contribution in [-0.4, -0.2) is 42.2 Å². The highest BCUT2D eigenvalue weighted by molar-refractivity contribution is 5.82. The van der Waals surface area contributed by atoms with E-state index in [1.807, 2.05) is 25.1 Å². The van der Waals surface area contributed by atoms with Crippen molar-refractivity contribution < 1.29 is 4.74 Å². The van der Waals surface area contributed by atoms with E-state index in [1.165, 1.54) is 5.56 Å². The molecule has 1 fully saturated rings. The molecule has 0 amide bonds. The number of fused-ring (bicyclic) bond motifs is 1. The van der Waals surface area contributed by atoms with Crippen molar-refractivity contribution >= 4 is 10.9 Å². The average molecular weight is 392 g/mol. The smallest absolute Gasteiger partial charge is 0.248 e. The average Bonchev–Trinajstić information content (AvgIpc) is 2.72. The molecule has 1 aliphatic heterocycles. The fourth-order valence-corrected chi connectivity index (χ4v) is 4.10. The van der Waals surface area contributed by atoms with Crippen molar-refractivity contribution in [3.8, 4) is 5.75 Å². The molecule has 0 saturated carbocycles. The summed E-state index contributed by atoms with van der Waals surface area (Å²) in [6.07, 6.45) is 2.09. The van der Waals surface area contributed by atoms with Crippen LogP contribution in [0.5, 0.6) is 5.75 Å². The summed E-state index contributed by atoms with van der Waals surface area (Å²) >= 11 is 0. The van der Waals surface area contributed by atoms with E-state index >= 15 is 0 Å². The number of ether oxygens (including phenoxy) is 1. The van der Waals surface area contributed by atoms with Crippen LogP contribution in [0.15, 0.2) is 59.4 Å². The predicted molar refractivity (Wildman–Crippen MR) is 118 cm³/mol. The number of hydrogen-bond acceptors (Lipinski definition) is 4. The zero-order valence-electron chi connectivity index (χ0n) is 17.0. The van der Waals surface area contributed by atoms with Crippen molar-refractivity contribution in [3.05, 3.63) is 76.1 Å². The zero-order chi connectivity index (χ0) is 20.1. The minimum atomic E-state index is -0.0735. The van der Waals surface area contributed by atoms with E-state index < -0.39 is 0 Å². The van der Waals surface area contributed by atoms with Crippen molar-refractivity contribution in [2.75, 3.05) is 26.2 Å². The maximum atomic E-state index is 11.7. The monoisotopic (exact) mass is 391 g/mol. The van der Waals surface area contributed by atoms with Crippen LogP contribution in [0, 0.1) is 6.92 Å². The quantitative estimate of drug-likeness (QED) is 0.606. The summed E-state index contributed by atoms with van der Waals surface area (Å²) in [6.45, 7) is 6.86. The van der Waals surface area contributed by atoms with E-state index in [0.29, 0.717) is 12.6 Å². The second kappa shape index (κ2) is 9.25. The zero-order valence-corrected chi connectivity index (χ0v) is 17.0. The molecule has 2 heterocycles. The van der Waals surface area contributed by atoms with Crippen LogP contribution in [0.1, 0.15) is 24.0 Å². The Balaban J connectivity index is 1.25. The minimum absolute atomic E-state index is 0.0735. The molecule has 1 unspecified atom stereocenters. The molecule has 0 radical (unpaired) electrons. The van der Waals surface area contributed by atoms with Gasteiger partial charge in [-0.2, -0.15) is 0 Å². The Labute approximate surface area is 171 Å². The van der Waals surface area contributed by atoms with Crippen LogP contribution < -0.4 is 15.6 Å². The molecule has 1 aromatic heterocycles. The summed E-state index contributed by atoms with van der Waals surface area (Å²) in [7, 11) is 0. The first-order valence-electron chi connectivity index (χ1n) is 10.4. The molecule has 5 nitrogen and oxygen atoms in total. The summed E-state index contributed by atoms with van der Waals surface area (Å²) in [4.78, 5) is 17.1. The topological polar surface area (TPSA) is 57.4 Å². The first-order chi connectivity index (χ1) is 14.2. The molecule has 4 rings (SSSR count). The van der Waals surface area contributed by atoms with Gasteiger partial charge in [0.2, 0.25) is 5.56 Å². The maximum absolute atomic E-state index is 11.7. The molecule has 5 heteroatoms. The number of H-pyrrole nitrogens is 1. The normalized spacial score (nSPS) is 17.5. The lowest BCUT2D eigenvalue weighted by Crippen LogP contribution is -2.50. The molecule has 0 aliphatic carbocycles. The highest BCUT2D eigenvalue weighted by Crippen LogP contribution is 2.21. The van der Waals surface area contributed by atoms with Crippen LogP contribution in [0.2, 0.25) is 0 Å². The molecule has 3 aromatic rings. The van der Waals surface area contributed by atoms with Gasteiger partial charge < -0.3 is 15.0 Å². The molecule has 0 spiro atoms. The lowest BCUT2D eigenvalue weighted by molar-refractivity contribution is 0.180. The number of benzene rings is 2. The van der Waals surface area contributed by atoms with E-state index in [2.05, 4.69) is 45.5 Å². The number of aromatic amines is 1. The number of rotatable bonds is 7. The van der Waals surface area contributed by atoms with Gasteiger partial charge in [0.1, 0.15) is 5.75 Å². The molecular formula is C24H29N3O2. The number of nitrogens with zero attached hydrogens (tertiary/aromatic N) is 1. The largest absolute Gasteiger partial charge is 0.494 e. The molecule has 1 aliphatic rings. The summed E-state index contributed by atoms with van der Waals surface area (Å²) in [5.41, 5.74) is 3.12. The summed E-state index contributed by atoms with van der Waals surface area (Å²) in [5, 5.41) is 4.69. The number of piperazine rings is 1. The van der Waals surface area contributed by atoms with Gasteiger partial charge in [0.25, 0.3) is 0 Å². The van der Waals surface area contributed by atoms with Crippen molar-refractivity contribution in [2.24, 2.45) is 0 Å². The molecule has 2 N–H and O–H groups in total. The summed E-state index contributed by atoms with van der Waals surface area (Å²) in [5.74, 6) is 0.807. The third kappa shape index (κ3) is 5.25. The van der Waals surface area contributed by atoms with E-state index in [0.717, 1.165) is 61.2 Å². The standard InChI is InChI=1S/C24H29N3O2/c1-18-14-24(28)26-23-15-21(9-10-22(18)23)29-13-5-8-20-17-27(12-11-25-20)16-19-6-3-2-4-7-19/h2-4,6-7,9-10,14-15,20,25H,5,8,11-13,16-17H2,1H3,(H,26,28). The predicted octanol–water partition coefficient (Wildman–Crippen LogP) is 3.47. The lowest BCUT2D eigenvalue weighted by Gasteiger charge is -2.33. The highest BCUT2D eigenvalue weighted by Gasteiger charge is 2.18. The van der Waals surface area contributed by atoms with Gasteiger partial charge in [-0.05, 0) is 43.0 Å². The SMILES string of the molecule is Cc1cc(=O)[nH]c2cc(OCCCC3CN(Cc4ccccc4)CCN3)ccc12. The molecule has 0 bridgehead atoms. The van der Waals surface area contributed by atoms with Crippen LogP contribution >= 0.6 is 0 Å². The second-order valence-corrected chi connectivity index (χ2v) is 7.89. The van der Waals surface area contributed by atoms with Crippen molar-refractivity contribution in [3.63, 3.8) is 0 Å².